The van der Waals surface area contributed by atoms with Crippen molar-refractivity contribution in [2.24, 2.45) is 5.92 Å². The van der Waals surface area contributed by atoms with Crippen molar-refractivity contribution in [3.05, 3.63) is 102 Å². The Balaban J connectivity index is 2.00. The average molecular weight is 346 g/mol. The minimum Gasteiger partial charge on any atom is -0.379 e. The molecule has 1 aromatic heterocycles. The van der Waals surface area contributed by atoms with Crippen LogP contribution >= 0.6 is 0 Å². The van der Waals surface area contributed by atoms with Crippen LogP contribution in [0.15, 0.2) is 85.1 Å². The van der Waals surface area contributed by atoms with E-state index in [0.717, 1.165) is 16.8 Å². The number of aromatic nitrogens is 1. The third-order valence-corrected chi connectivity index (χ3v) is 4.77. The Labute approximate surface area is 155 Å². The lowest BCUT2D eigenvalue weighted by Crippen LogP contribution is -2.52. The predicted molar refractivity (Wildman–Crippen MR) is 106 cm³/mol. The fourth-order valence-electron chi connectivity index (χ4n) is 3.49. The molecule has 3 aromatic rings. The highest BCUT2D eigenvalue weighted by Gasteiger charge is 2.41. The molecule has 0 bridgehead atoms. The Morgan fingerprint density at radius 2 is 1.38 bits per heavy atom. The van der Waals surface area contributed by atoms with E-state index in [1.54, 1.807) is 6.20 Å². The summed E-state index contributed by atoms with van der Waals surface area (Å²) < 4.78 is 0. The van der Waals surface area contributed by atoms with Crippen LogP contribution in [0.3, 0.4) is 0 Å². The first kappa shape index (κ1) is 18.3. The Bertz CT molecular complexity index is 749. The van der Waals surface area contributed by atoms with Crippen molar-refractivity contribution in [2.75, 3.05) is 0 Å². The number of hydrogen-bond acceptors (Lipinski definition) is 3. The van der Waals surface area contributed by atoms with Crippen molar-refractivity contribution in [1.29, 1.82) is 0 Å². The predicted octanol–water partition coefficient (Wildman–Crippen LogP) is 4.13. The molecule has 0 aliphatic heterocycles. The summed E-state index contributed by atoms with van der Waals surface area (Å²) in [6.45, 7) is 4.87. The molecular weight excluding hydrogens is 320 g/mol. The molecule has 0 saturated carbocycles. The Kier molecular flexibility index (Phi) is 5.82. The fraction of sp³-hybridized carbons (Fsp3) is 0.261. The monoisotopic (exact) mass is 346 g/mol. The van der Waals surface area contributed by atoms with Crippen LogP contribution in [0.2, 0.25) is 0 Å². The van der Waals surface area contributed by atoms with Gasteiger partial charge in [-0.3, -0.25) is 4.98 Å². The van der Waals surface area contributed by atoms with Gasteiger partial charge in [0.2, 0.25) is 0 Å². The van der Waals surface area contributed by atoms with Gasteiger partial charge in [0.05, 0.1) is 5.69 Å². The van der Waals surface area contributed by atoms with Crippen LogP contribution in [0.25, 0.3) is 0 Å². The highest BCUT2D eigenvalue weighted by molar-refractivity contribution is 5.38. The van der Waals surface area contributed by atoms with Crippen molar-refractivity contribution >= 4 is 0 Å². The second-order valence-electron chi connectivity index (χ2n) is 6.92. The minimum absolute atomic E-state index is 0.172. The molecule has 3 nitrogen and oxygen atoms in total. The third kappa shape index (κ3) is 3.85. The number of aliphatic hydroxyl groups is 1. The minimum atomic E-state index is -1.13. The topological polar surface area (TPSA) is 45.2 Å². The third-order valence-electron chi connectivity index (χ3n) is 4.77. The van der Waals surface area contributed by atoms with E-state index in [-0.39, 0.29) is 12.0 Å². The zero-order valence-electron chi connectivity index (χ0n) is 15.3. The summed E-state index contributed by atoms with van der Waals surface area (Å²) in [5, 5.41) is 15.5. The molecule has 2 aromatic carbocycles. The van der Waals surface area contributed by atoms with Gasteiger partial charge in [-0.15, -0.1) is 0 Å². The highest BCUT2D eigenvalue weighted by atomic mass is 16.3. The summed E-state index contributed by atoms with van der Waals surface area (Å²) in [5.41, 5.74) is 1.60. The lowest BCUT2D eigenvalue weighted by molar-refractivity contribution is 0.0182. The van der Waals surface area contributed by atoms with E-state index < -0.39 is 5.60 Å². The number of nitrogens with one attached hydrogen (secondary N) is 1. The van der Waals surface area contributed by atoms with Crippen LogP contribution in [0.5, 0.6) is 0 Å². The Morgan fingerprint density at radius 3 is 1.85 bits per heavy atom. The van der Waals surface area contributed by atoms with E-state index in [9.17, 15) is 5.11 Å². The summed E-state index contributed by atoms with van der Waals surface area (Å²) in [7, 11) is 0. The van der Waals surface area contributed by atoms with Gasteiger partial charge in [0, 0.05) is 18.8 Å². The summed E-state index contributed by atoms with van der Waals surface area (Å²) >= 11 is 0. The van der Waals surface area contributed by atoms with Gasteiger partial charge in [-0.1, -0.05) is 80.6 Å². The van der Waals surface area contributed by atoms with Crippen molar-refractivity contribution in [2.45, 2.75) is 32.0 Å². The van der Waals surface area contributed by atoms with Gasteiger partial charge >= 0.3 is 0 Å². The largest absolute Gasteiger partial charge is 0.379 e. The molecule has 1 heterocycles. The first-order chi connectivity index (χ1) is 12.6. The van der Waals surface area contributed by atoms with E-state index in [1.165, 1.54) is 0 Å². The van der Waals surface area contributed by atoms with Gasteiger partial charge in [-0.25, -0.2) is 0 Å². The maximum absolute atomic E-state index is 12.0. The van der Waals surface area contributed by atoms with Crippen molar-refractivity contribution in [3.63, 3.8) is 0 Å². The maximum atomic E-state index is 12.0. The van der Waals surface area contributed by atoms with Crippen LogP contribution in [-0.2, 0) is 12.1 Å². The van der Waals surface area contributed by atoms with Crippen molar-refractivity contribution in [1.82, 2.24) is 10.3 Å². The number of rotatable bonds is 7. The molecule has 0 spiro atoms. The molecule has 1 atom stereocenters. The molecule has 0 unspecified atom stereocenters. The van der Waals surface area contributed by atoms with Gasteiger partial charge < -0.3 is 10.4 Å². The molecule has 0 aliphatic rings. The summed E-state index contributed by atoms with van der Waals surface area (Å²) in [6.07, 6.45) is 1.79. The second-order valence-corrected chi connectivity index (χ2v) is 6.92. The summed E-state index contributed by atoms with van der Waals surface area (Å²) in [6, 6.07) is 25.5. The lowest BCUT2D eigenvalue weighted by Gasteiger charge is -2.40. The van der Waals surface area contributed by atoms with Gasteiger partial charge in [0.25, 0.3) is 0 Å². The molecule has 0 fully saturated rings. The molecule has 0 saturated heterocycles. The molecule has 0 radical (unpaired) electrons. The van der Waals surface area contributed by atoms with E-state index in [0.29, 0.717) is 6.54 Å². The highest BCUT2D eigenvalue weighted by Crippen LogP contribution is 2.36. The maximum Gasteiger partial charge on any atom is 0.130 e. The second kappa shape index (κ2) is 8.26. The van der Waals surface area contributed by atoms with Gasteiger partial charge in [0.1, 0.15) is 5.60 Å². The molecule has 134 valence electrons. The van der Waals surface area contributed by atoms with Crippen LogP contribution in [0.1, 0.15) is 30.7 Å². The van der Waals surface area contributed by atoms with E-state index >= 15 is 0 Å². The van der Waals surface area contributed by atoms with Crippen molar-refractivity contribution in [3.8, 4) is 0 Å². The van der Waals surface area contributed by atoms with Crippen LogP contribution in [-0.4, -0.2) is 16.1 Å². The lowest BCUT2D eigenvalue weighted by atomic mass is 9.76. The van der Waals surface area contributed by atoms with Crippen LogP contribution in [0, 0.1) is 5.92 Å². The normalized spacial score (nSPS) is 12.9. The van der Waals surface area contributed by atoms with Crippen LogP contribution in [0.4, 0.5) is 0 Å². The first-order valence-electron chi connectivity index (χ1n) is 9.09. The number of benzene rings is 2. The average Bonchev–Trinajstić information content (AvgIpc) is 2.70. The number of nitrogens with zero attached hydrogens (tertiary/aromatic N) is 1. The number of hydrogen-bond donors (Lipinski definition) is 2. The molecule has 0 aliphatic carbocycles. The standard InChI is InChI=1S/C23H26N2O/c1-18(2)22(25-17-21-15-9-10-16-24-21)23(26,19-11-5-3-6-12-19)20-13-7-4-8-14-20/h3-16,18,22,25-26H,17H2,1-2H3/t22-/m0/s1. The molecular formula is C23H26N2O. The molecule has 2 N–H and O–H groups in total. The summed E-state index contributed by atoms with van der Waals surface area (Å²) in [5.74, 6) is 0.212. The van der Waals surface area contributed by atoms with Gasteiger partial charge in [0.15, 0.2) is 0 Å². The van der Waals surface area contributed by atoms with E-state index in [2.05, 4.69) is 24.1 Å². The molecule has 3 rings (SSSR count). The molecule has 3 heteroatoms. The Morgan fingerprint density at radius 1 is 0.846 bits per heavy atom. The van der Waals surface area contributed by atoms with E-state index in [1.807, 2.05) is 78.9 Å². The van der Waals surface area contributed by atoms with Crippen molar-refractivity contribution < 1.29 is 5.11 Å². The SMILES string of the molecule is CC(C)[C@H](NCc1ccccn1)C(O)(c1ccccc1)c1ccccc1. The molecule has 26 heavy (non-hydrogen) atoms. The quantitative estimate of drug-likeness (QED) is 0.676. The molecule has 0 amide bonds. The number of pyridine rings is 1. The zero-order valence-corrected chi connectivity index (χ0v) is 15.3. The first-order valence-corrected chi connectivity index (χ1v) is 9.09. The van der Waals surface area contributed by atoms with Gasteiger partial charge in [-0.2, -0.15) is 0 Å². The van der Waals surface area contributed by atoms with E-state index in [4.69, 9.17) is 0 Å². The Hall–Kier alpha value is -2.49. The summed E-state index contributed by atoms with van der Waals surface area (Å²) in [4.78, 5) is 4.39. The van der Waals surface area contributed by atoms with Crippen LogP contribution < -0.4 is 5.32 Å². The fourth-order valence-corrected chi connectivity index (χ4v) is 3.49. The zero-order chi connectivity index (χ0) is 18.4. The van der Waals surface area contributed by atoms with Gasteiger partial charge in [-0.05, 0) is 29.2 Å². The smallest absolute Gasteiger partial charge is 0.130 e.